The fourth-order valence-corrected chi connectivity index (χ4v) is 6.11. The number of nitrogens with zero attached hydrogens (tertiary/aromatic N) is 1. The summed E-state index contributed by atoms with van der Waals surface area (Å²) in [6, 6.07) is 13.3. The average Bonchev–Trinajstić information content (AvgIpc) is 3.55. The van der Waals surface area contributed by atoms with E-state index in [1.54, 1.807) is 12.3 Å². The van der Waals surface area contributed by atoms with Crippen LogP contribution in [0.1, 0.15) is 81.0 Å². The summed E-state index contributed by atoms with van der Waals surface area (Å²) in [4.78, 5) is 7.41. The molecule has 2 heterocycles. The summed E-state index contributed by atoms with van der Waals surface area (Å²) >= 11 is 0. The molecule has 2 aromatic heterocycles. The van der Waals surface area contributed by atoms with E-state index in [-0.39, 0.29) is 36.9 Å². The van der Waals surface area contributed by atoms with Gasteiger partial charge in [0.25, 0.3) is 0 Å². The van der Waals surface area contributed by atoms with Crippen LogP contribution in [0.3, 0.4) is 0 Å². The van der Waals surface area contributed by atoms with Crippen molar-refractivity contribution in [1.82, 2.24) is 9.97 Å². The number of aryl methyl sites for hydroxylation is 1. The van der Waals surface area contributed by atoms with Gasteiger partial charge in [0.1, 0.15) is 5.82 Å². The first-order chi connectivity index (χ1) is 21.5. The molecule has 4 rings (SSSR count). The molecule has 3 aromatic rings. The molecule has 1 aromatic carbocycles. The van der Waals surface area contributed by atoms with Crippen LogP contribution >= 0.6 is 0 Å². The molecular formula is C36H49N3O5. The highest BCUT2D eigenvalue weighted by molar-refractivity contribution is 5.42. The van der Waals surface area contributed by atoms with Gasteiger partial charge in [-0.05, 0) is 98.4 Å². The Balaban J connectivity index is 1.38. The first-order valence-electron chi connectivity index (χ1n) is 16.1. The Labute approximate surface area is 262 Å². The Kier molecular flexibility index (Phi) is 13.4. The van der Waals surface area contributed by atoms with Gasteiger partial charge in [-0.3, -0.25) is 0 Å². The molecule has 0 aliphatic heterocycles. The summed E-state index contributed by atoms with van der Waals surface area (Å²) in [6.45, 7) is 2.82. The van der Waals surface area contributed by atoms with Crippen LogP contribution in [-0.4, -0.2) is 57.3 Å². The van der Waals surface area contributed by atoms with Crippen molar-refractivity contribution in [2.75, 3.05) is 25.6 Å². The lowest BCUT2D eigenvalue weighted by Gasteiger charge is -2.30. The van der Waals surface area contributed by atoms with E-state index in [2.05, 4.69) is 34.8 Å². The molecule has 6 N–H and O–H groups in total. The SMILES string of the molecule is CCC1C#CCC(C(O)CCc2ccc(O)c(OCCC(Cc3ccc[nH]3)c3ccnc(N)c3)c2)C(OCCO)CCCC1. The third-order valence-electron chi connectivity index (χ3n) is 8.71. The molecular weight excluding hydrogens is 554 g/mol. The first-order valence-corrected chi connectivity index (χ1v) is 16.1. The molecule has 0 spiro atoms. The van der Waals surface area contributed by atoms with Crippen LogP contribution in [0.4, 0.5) is 5.82 Å². The number of benzene rings is 1. The lowest BCUT2D eigenvalue weighted by atomic mass is 9.85. The van der Waals surface area contributed by atoms with Crippen LogP contribution < -0.4 is 10.5 Å². The number of rotatable bonds is 15. The van der Waals surface area contributed by atoms with Gasteiger partial charge in [-0.25, -0.2) is 4.98 Å². The second-order valence-electron chi connectivity index (χ2n) is 11.9. The van der Waals surface area contributed by atoms with Crippen LogP contribution in [0.2, 0.25) is 0 Å². The molecule has 0 fully saturated rings. The molecule has 0 amide bonds. The van der Waals surface area contributed by atoms with Crippen LogP contribution in [-0.2, 0) is 17.6 Å². The number of anilines is 1. The third-order valence-corrected chi connectivity index (χ3v) is 8.71. The Morgan fingerprint density at radius 1 is 1.11 bits per heavy atom. The number of aliphatic hydroxyl groups is 2. The number of nitrogens with two attached hydrogens (primary N) is 1. The van der Waals surface area contributed by atoms with Gasteiger partial charge in [0, 0.05) is 36.3 Å². The number of nitrogens with one attached hydrogen (secondary N) is 1. The molecule has 8 nitrogen and oxygen atoms in total. The van der Waals surface area contributed by atoms with Gasteiger partial charge >= 0.3 is 0 Å². The summed E-state index contributed by atoms with van der Waals surface area (Å²) in [5.41, 5.74) is 9.17. The fraction of sp³-hybridized carbons (Fsp3) is 0.528. The quantitative estimate of drug-likeness (QED) is 0.139. The number of pyridine rings is 1. The van der Waals surface area contributed by atoms with Crippen LogP contribution in [0.25, 0.3) is 0 Å². The van der Waals surface area contributed by atoms with E-state index in [4.69, 9.17) is 15.2 Å². The van der Waals surface area contributed by atoms with Gasteiger partial charge in [-0.2, -0.15) is 0 Å². The van der Waals surface area contributed by atoms with Gasteiger partial charge in [0.05, 0.1) is 32.0 Å². The number of aromatic nitrogens is 2. The molecule has 1 aliphatic carbocycles. The van der Waals surface area contributed by atoms with Crippen molar-refractivity contribution < 1.29 is 24.8 Å². The van der Waals surface area contributed by atoms with Crippen molar-refractivity contribution >= 4 is 5.82 Å². The zero-order chi connectivity index (χ0) is 31.1. The highest BCUT2D eigenvalue weighted by Gasteiger charge is 2.29. The highest BCUT2D eigenvalue weighted by Crippen LogP contribution is 2.31. The number of hydrogen-bond acceptors (Lipinski definition) is 7. The van der Waals surface area contributed by atoms with Gasteiger partial charge in [0.2, 0.25) is 0 Å². The molecule has 238 valence electrons. The fourth-order valence-electron chi connectivity index (χ4n) is 6.11. The lowest BCUT2D eigenvalue weighted by molar-refractivity contribution is -0.0515. The van der Waals surface area contributed by atoms with E-state index in [0.29, 0.717) is 43.4 Å². The van der Waals surface area contributed by atoms with Gasteiger partial charge in [-0.15, -0.1) is 5.92 Å². The number of aromatic hydroxyl groups is 1. The predicted octanol–water partition coefficient (Wildman–Crippen LogP) is 5.77. The Hall–Kier alpha value is -3.51. The standard InChI is InChI=1S/C36H49N3O5/c1-2-26-7-3-4-11-34(44-22-20-40)31(10-5-8-26)32(41)14-12-27-13-15-33(42)35(23-27)43-21-17-29(24-30-9-6-18-38-30)28-16-19-39-36(37)25-28/h6,9,13,15-16,18-19,23,25-26,29,31-32,34,38,40-42H,2-4,7,10-12,14,17,20-22,24H2,1H3,(H2,37,39). The van der Waals surface area contributed by atoms with Crippen molar-refractivity contribution in [2.45, 2.75) is 89.3 Å². The predicted molar refractivity (Wildman–Crippen MR) is 173 cm³/mol. The van der Waals surface area contributed by atoms with E-state index in [9.17, 15) is 15.3 Å². The molecule has 0 saturated carbocycles. The van der Waals surface area contributed by atoms with Crippen molar-refractivity contribution in [3.05, 3.63) is 71.7 Å². The van der Waals surface area contributed by atoms with Crippen molar-refractivity contribution in [1.29, 1.82) is 0 Å². The normalized spacial score (nSPS) is 20.3. The minimum atomic E-state index is -0.604. The number of nitrogen functional groups attached to an aromatic ring is 1. The Bertz CT molecular complexity index is 1320. The minimum absolute atomic E-state index is 0.0392. The van der Waals surface area contributed by atoms with E-state index < -0.39 is 6.10 Å². The molecule has 44 heavy (non-hydrogen) atoms. The molecule has 0 radical (unpaired) electrons. The molecule has 8 heteroatoms. The average molecular weight is 604 g/mol. The largest absolute Gasteiger partial charge is 0.504 e. The zero-order valence-corrected chi connectivity index (χ0v) is 26.0. The number of aromatic amines is 1. The molecule has 5 atom stereocenters. The summed E-state index contributed by atoms with van der Waals surface area (Å²) in [5, 5.41) is 31.3. The van der Waals surface area contributed by atoms with E-state index in [1.807, 2.05) is 36.5 Å². The van der Waals surface area contributed by atoms with Gasteiger partial charge < -0.3 is 35.5 Å². The van der Waals surface area contributed by atoms with Crippen LogP contribution in [0.15, 0.2) is 54.9 Å². The van der Waals surface area contributed by atoms with E-state index in [0.717, 1.165) is 61.8 Å². The monoisotopic (exact) mass is 603 g/mol. The van der Waals surface area contributed by atoms with Crippen molar-refractivity contribution in [3.8, 4) is 23.3 Å². The van der Waals surface area contributed by atoms with E-state index in [1.165, 1.54) is 0 Å². The Morgan fingerprint density at radius 3 is 2.75 bits per heavy atom. The lowest BCUT2D eigenvalue weighted by Crippen LogP contribution is -2.35. The summed E-state index contributed by atoms with van der Waals surface area (Å²) < 4.78 is 12.1. The molecule has 0 bridgehead atoms. The summed E-state index contributed by atoms with van der Waals surface area (Å²) in [5.74, 6) is 8.22. The number of aliphatic hydroxyl groups excluding tert-OH is 2. The van der Waals surface area contributed by atoms with Crippen molar-refractivity contribution in [3.63, 3.8) is 0 Å². The second-order valence-corrected chi connectivity index (χ2v) is 11.9. The maximum absolute atomic E-state index is 11.4. The van der Waals surface area contributed by atoms with Crippen molar-refractivity contribution in [2.24, 2.45) is 11.8 Å². The number of ether oxygens (including phenoxy) is 2. The third kappa shape index (κ3) is 10.3. The smallest absolute Gasteiger partial charge is 0.161 e. The molecule has 1 aliphatic rings. The maximum atomic E-state index is 11.4. The van der Waals surface area contributed by atoms with E-state index >= 15 is 0 Å². The van der Waals surface area contributed by atoms with Gasteiger partial charge in [-0.1, -0.05) is 31.8 Å². The minimum Gasteiger partial charge on any atom is -0.504 e. The van der Waals surface area contributed by atoms with Gasteiger partial charge in [0.15, 0.2) is 11.5 Å². The summed E-state index contributed by atoms with van der Waals surface area (Å²) in [6.07, 6.45) is 11.3. The zero-order valence-electron chi connectivity index (χ0n) is 26.0. The maximum Gasteiger partial charge on any atom is 0.161 e. The number of phenolic OH excluding ortho intramolecular Hbond substituents is 1. The first kappa shape index (κ1) is 33.4. The highest BCUT2D eigenvalue weighted by atomic mass is 16.5. The number of H-pyrrole nitrogens is 1. The molecule has 0 saturated heterocycles. The topological polar surface area (TPSA) is 134 Å². The second kappa shape index (κ2) is 17.7. The number of phenols is 1. The Morgan fingerprint density at radius 2 is 1.98 bits per heavy atom. The molecule has 5 unspecified atom stereocenters. The van der Waals surface area contributed by atoms with Crippen LogP contribution in [0.5, 0.6) is 11.5 Å². The summed E-state index contributed by atoms with van der Waals surface area (Å²) in [7, 11) is 0. The number of hydrogen-bond donors (Lipinski definition) is 5. The van der Waals surface area contributed by atoms with Crippen LogP contribution in [0, 0.1) is 23.7 Å².